The van der Waals surface area contributed by atoms with E-state index >= 15 is 0 Å². The molecule has 0 saturated carbocycles. The molecule has 0 spiro atoms. The van der Waals surface area contributed by atoms with Gasteiger partial charge in [0, 0.05) is 18.7 Å². The molecule has 5 nitrogen and oxygen atoms in total. The summed E-state index contributed by atoms with van der Waals surface area (Å²) in [5.41, 5.74) is 3.72. The van der Waals surface area contributed by atoms with Crippen LogP contribution >= 0.6 is 11.3 Å². The fourth-order valence-corrected chi connectivity index (χ4v) is 2.70. The third kappa shape index (κ3) is 4.74. The second kappa shape index (κ2) is 7.37. The van der Waals surface area contributed by atoms with Crippen LogP contribution in [0.3, 0.4) is 0 Å². The highest BCUT2D eigenvalue weighted by Crippen LogP contribution is 2.29. The number of rotatable bonds is 4. The van der Waals surface area contributed by atoms with E-state index in [9.17, 15) is 4.79 Å². The first kappa shape index (κ1) is 17.8. The first-order chi connectivity index (χ1) is 11.3. The monoisotopic (exact) mass is 343 g/mol. The lowest BCUT2D eigenvalue weighted by Crippen LogP contribution is -2.26. The Balaban J connectivity index is 2.31. The molecule has 0 unspecified atom stereocenters. The van der Waals surface area contributed by atoms with E-state index < -0.39 is 0 Å². The van der Waals surface area contributed by atoms with Gasteiger partial charge in [-0.2, -0.15) is 0 Å². The Kier molecular flexibility index (Phi) is 5.47. The van der Waals surface area contributed by atoms with Crippen molar-refractivity contribution in [2.75, 3.05) is 24.6 Å². The average Bonchev–Trinajstić information content (AvgIpc) is 2.95. The molecule has 24 heavy (non-hydrogen) atoms. The molecule has 2 aromatic heterocycles. The fourth-order valence-electron chi connectivity index (χ4n) is 1.82. The summed E-state index contributed by atoms with van der Waals surface area (Å²) in [5, 5.41) is 1.75. The van der Waals surface area contributed by atoms with Crippen LogP contribution in [0.5, 0.6) is 0 Å². The third-order valence-corrected chi connectivity index (χ3v) is 3.98. The first-order valence-electron chi connectivity index (χ1n) is 7.47. The molecule has 126 valence electrons. The smallest absolute Gasteiger partial charge is 0.350 e. The molecule has 0 aromatic carbocycles. The number of aromatic nitrogens is 1. The number of ether oxygens (including phenoxy) is 1. The highest BCUT2D eigenvalue weighted by molar-refractivity contribution is 7.15. The Morgan fingerprint density at radius 3 is 2.71 bits per heavy atom. The van der Waals surface area contributed by atoms with Crippen LogP contribution in [0.2, 0.25) is 0 Å². The van der Waals surface area contributed by atoms with Crippen molar-refractivity contribution < 1.29 is 9.53 Å². The van der Waals surface area contributed by atoms with E-state index in [0.29, 0.717) is 10.6 Å². The van der Waals surface area contributed by atoms with Gasteiger partial charge in [0.2, 0.25) is 0 Å². The number of hydrogen-bond acceptors (Lipinski definition) is 6. The van der Waals surface area contributed by atoms with Crippen molar-refractivity contribution in [3.05, 3.63) is 40.2 Å². The van der Waals surface area contributed by atoms with Crippen LogP contribution in [0.4, 0.5) is 11.5 Å². The van der Waals surface area contributed by atoms with E-state index in [1.807, 2.05) is 52.1 Å². The summed E-state index contributed by atoms with van der Waals surface area (Å²) >= 11 is 1.31. The van der Waals surface area contributed by atoms with Crippen LogP contribution in [-0.4, -0.2) is 25.1 Å². The number of thiophene rings is 1. The first-order valence-corrected chi connectivity index (χ1v) is 8.28. The van der Waals surface area contributed by atoms with Gasteiger partial charge >= 0.3 is 5.97 Å². The van der Waals surface area contributed by atoms with E-state index in [-0.39, 0.29) is 11.4 Å². The van der Waals surface area contributed by atoms with Gasteiger partial charge in [-0.25, -0.2) is 9.78 Å². The van der Waals surface area contributed by atoms with Gasteiger partial charge in [-0.3, -0.25) is 10.4 Å². The highest BCUT2D eigenvalue weighted by Gasteiger charge is 2.18. The number of methoxy groups -OCH3 is 1. The summed E-state index contributed by atoms with van der Waals surface area (Å²) in [6.07, 6.45) is 1.71. The van der Waals surface area contributed by atoms with Crippen LogP contribution < -0.4 is 10.4 Å². The topological polar surface area (TPSA) is 54.5 Å². The van der Waals surface area contributed by atoms with E-state index in [1.54, 1.807) is 11.2 Å². The molecule has 0 amide bonds. The van der Waals surface area contributed by atoms with Gasteiger partial charge in [0.15, 0.2) is 0 Å². The molecule has 0 aliphatic rings. The molecule has 6 heteroatoms. The molecule has 0 aliphatic heterocycles. The van der Waals surface area contributed by atoms with Gasteiger partial charge < -0.3 is 4.74 Å². The Hall–Kier alpha value is -2.52. The maximum Gasteiger partial charge on any atom is 0.350 e. The molecule has 2 aromatic rings. The summed E-state index contributed by atoms with van der Waals surface area (Å²) in [6, 6.07) is 7.48. The zero-order valence-electron chi connectivity index (χ0n) is 14.5. The Bertz CT molecular complexity index is 767. The maximum absolute atomic E-state index is 12.0. The number of nitrogens with zero attached hydrogens (tertiary/aromatic N) is 2. The van der Waals surface area contributed by atoms with Crippen molar-refractivity contribution >= 4 is 28.8 Å². The van der Waals surface area contributed by atoms with Crippen molar-refractivity contribution in [1.82, 2.24) is 4.98 Å². The number of anilines is 2. The molecule has 0 bridgehead atoms. The van der Waals surface area contributed by atoms with Gasteiger partial charge in [0.05, 0.1) is 17.7 Å². The maximum atomic E-state index is 12.0. The van der Waals surface area contributed by atoms with Crippen LogP contribution in [0.25, 0.3) is 0 Å². The summed E-state index contributed by atoms with van der Waals surface area (Å²) in [4.78, 5) is 17.6. The zero-order valence-corrected chi connectivity index (χ0v) is 15.3. The molecular formula is C18H21N3O2S. The third-order valence-electron chi connectivity index (χ3n) is 2.94. The second-order valence-electron chi connectivity index (χ2n) is 6.20. The second-order valence-corrected chi connectivity index (χ2v) is 7.26. The van der Waals surface area contributed by atoms with Gasteiger partial charge in [-0.15, -0.1) is 11.3 Å². The summed E-state index contributed by atoms with van der Waals surface area (Å²) in [7, 11) is 3.20. The predicted octanol–water partition coefficient (Wildman–Crippen LogP) is 3.79. The normalized spacial score (nSPS) is 10.5. The number of nitrogens with one attached hydrogen (secondary N) is 1. The van der Waals surface area contributed by atoms with E-state index in [4.69, 9.17) is 4.74 Å². The van der Waals surface area contributed by atoms with Crippen molar-refractivity contribution in [2.24, 2.45) is 5.41 Å². The van der Waals surface area contributed by atoms with Crippen molar-refractivity contribution in [3.63, 3.8) is 0 Å². The summed E-state index contributed by atoms with van der Waals surface area (Å²) in [6.45, 7) is 6.13. The minimum atomic E-state index is -0.388. The molecule has 2 rings (SSSR count). The lowest BCUT2D eigenvalue weighted by atomic mass is 9.98. The number of carbonyl (C=O) groups is 1. The lowest BCUT2D eigenvalue weighted by molar-refractivity contribution is 0.0607. The average molecular weight is 343 g/mol. The minimum absolute atomic E-state index is 0.103. The molecular weight excluding hydrogens is 322 g/mol. The van der Waals surface area contributed by atoms with Crippen LogP contribution in [0.15, 0.2) is 30.5 Å². The predicted molar refractivity (Wildman–Crippen MR) is 98.3 cm³/mol. The van der Waals surface area contributed by atoms with E-state index in [2.05, 4.69) is 22.3 Å². The van der Waals surface area contributed by atoms with E-state index in [0.717, 1.165) is 10.7 Å². The Labute approximate surface area is 146 Å². The van der Waals surface area contributed by atoms with Crippen LogP contribution in [0.1, 0.15) is 35.3 Å². The summed E-state index contributed by atoms with van der Waals surface area (Å²) < 4.78 is 4.87. The standard InChI is InChI=1S/C18H21N3O2S/c1-18(2,3)10-9-13-12-14(16(24-13)17(22)23-5)20-21(4)15-8-6-7-11-19-15/h6-8,11-12,20H,1-5H3. The lowest BCUT2D eigenvalue weighted by Gasteiger charge is -2.20. The van der Waals surface area contributed by atoms with Crippen molar-refractivity contribution in [3.8, 4) is 11.8 Å². The number of hydrazine groups is 1. The van der Waals surface area contributed by atoms with Gasteiger partial charge in [-0.1, -0.05) is 17.9 Å². The SMILES string of the molecule is COC(=O)c1sc(C#CC(C)(C)C)cc1NN(C)c1ccccn1. The van der Waals surface area contributed by atoms with Gasteiger partial charge in [0.25, 0.3) is 0 Å². The van der Waals surface area contributed by atoms with E-state index in [1.165, 1.54) is 18.4 Å². The molecule has 1 N–H and O–H groups in total. The number of pyridine rings is 1. The zero-order chi connectivity index (χ0) is 17.7. The number of hydrogen-bond donors (Lipinski definition) is 1. The summed E-state index contributed by atoms with van der Waals surface area (Å²) in [5.74, 6) is 6.65. The molecule has 0 aliphatic carbocycles. The highest BCUT2D eigenvalue weighted by atomic mass is 32.1. The van der Waals surface area contributed by atoms with Crippen molar-refractivity contribution in [2.45, 2.75) is 20.8 Å². The van der Waals surface area contributed by atoms with Gasteiger partial charge in [0.1, 0.15) is 10.7 Å². The Morgan fingerprint density at radius 2 is 2.12 bits per heavy atom. The van der Waals surface area contributed by atoms with Gasteiger partial charge in [-0.05, 0) is 39.0 Å². The fraction of sp³-hybridized carbons (Fsp3) is 0.333. The molecule has 2 heterocycles. The number of esters is 1. The molecule has 0 saturated heterocycles. The quantitative estimate of drug-likeness (QED) is 0.520. The molecule has 0 radical (unpaired) electrons. The molecule has 0 fully saturated rings. The van der Waals surface area contributed by atoms with Crippen LogP contribution in [-0.2, 0) is 4.74 Å². The largest absolute Gasteiger partial charge is 0.465 e. The Morgan fingerprint density at radius 1 is 1.38 bits per heavy atom. The minimum Gasteiger partial charge on any atom is -0.465 e. The molecule has 0 atom stereocenters. The van der Waals surface area contributed by atoms with Crippen LogP contribution in [0, 0.1) is 17.3 Å². The van der Waals surface area contributed by atoms with Crippen molar-refractivity contribution in [1.29, 1.82) is 0 Å². The number of carbonyl (C=O) groups excluding carboxylic acids is 1.